The first kappa shape index (κ1) is 13.6. The van der Waals surface area contributed by atoms with Crippen LogP contribution in [-0.4, -0.2) is 16.5 Å². The van der Waals surface area contributed by atoms with Crippen molar-refractivity contribution in [1.82, 2.24) is 9.97 Å². The van der Waals surface area contributed by atoms with Crippen LogP contribution < -0.4 is 5.32 Å². The van der Waals surface area contributed by atoms with Crippen LogP contribution in [0.4, 0.5) is 5.82 Å². The van der Waals surface area contributed by atoms with Crippen LogP contribution in [-0.2, 0) is 0 Å². The van der Waals surface area contributed by atoms with Gasteiger partial charge >= 0.3 is 0 Å². The van der Waals surface area contributed by atoms with E-state index in [0.29, 0.717) is 15.9 Å². The quantitative estimate of drug-likeness (QED) is 0.728. The Hall–Kier alpha value is -1.36. The number of anilines is 1. The highest BCUT2D eigenvalue weighted by Crippen LogP contribution is 2.33. The van der Waals surface area contributed by atoms with Crippen LogP contribution >= 0.6 is 34.5 Å². The maximum Gasteiger partial charge on any atom is 0.173 e. The van der Waals surface area contributed by atoms with E-state index in [4.69, 9.17) is 23.2 Å². The predicted molar refractivity (Wildman–Crippen MR) is 87.0 cm³/mol. The molecule has 0 saturated carbocycles. The zero-order chi connectivity index (χ0) is 14.1. The largest absolute Gasteiger partial charge is 0.370 e. The van der Waals surface area contributed by atoms with Gasteiger partial charge < -0.3 is 5.32 Å². The lowest BCUT2D eigenvalue weighted by Crippen LogP contribution is -2.02. The molecule has 3 nitrogen and oxygen atoms in total. The van der Waals surface area contributed by atoms with Crippen LogP contribution in [0, 0.1) is 0 Å². The van der Waals surface area contributed by atoms with E-state index in [1.807, 2.05) is 36.6 Å². The van der Waals surface area contributed by atoms with Crippen molar-refractivity contribution < 1.29 is 0 Å². The van der Waals surface area contributed by atoms with E-state index in [2.05, 4.69) is 15.3 Å². The molecule has 3 aromatic rings. The number of hydrogen-bond donors (Lipinski definition) is 1. The van der Waals surface area contributed by atoms with Crippen molar-refractivity contribution in [3.8, 4) is 10.7 Å². The number of nitrogens with one attached hydrogen (secondary N) is 1. The monoisotopic (exact) mass is 323 g/mol. The molecule has 0 unspecified atom stereocenters. The first-order valence-electron chi connectivity index (χ1n) is 6.13. The molecule has 20 heavy (non-hydrogen) atoms. The third-order valence-electron chi connectivity index (χ3n) is 2.82. The van der Waals surface area contributed by atoms with Gasteiger partial charge in [0.1, 0.15) is 5.82 Å². The van der Waals surface area contributed by atoms with Crippen LogP contribution in [0.1, 0.15) is 6.92 Å². The van der Waals surface area contributed by atoms with E-state index < -0.39 is 0 Å². The van der Waals surface area contributed by atoms with E-state index in [1.165, 1.54) is 11.3 Å². The highest BCUT2D eigenvalue weighted by Gasteiger charge is 2.13. The van der Waals surface area contributed by atoms with Crippen molar-refractivity contribution in [2.75, 3.05) is 11.9 Å². The van der Waals surface area contributed by atoms with Crippen LogP contribution in [0.2, 0.25) is 10.0 Å². The lowest BCUT2D eigenvalue weighted by Gasteiger charge is -2.09. The van der Waals surface area contributed by atoms with Crippen molar-refractivity contribution in [2.24, 2.45) is 0 Å². The summed E-state index contributed by atoms with van der Waals surface area (Å²) >= 11 is 13.8. The molecule has 3 rings (SSSR count). The van der Waals surface area contributed by atoms with E-state index in [1.54, 1.807) is 0 Å². The Bertz CT molecular complexity index is 770. The number of hydrogen-bond acceptors (Lipinski definition) is 4. The molecule has 1 aromatic carbocycles. The molecule has 0 bridgehead atoms. The summed E-state index contributed by atoms with van der Waals surface area (Å²) in [6.45, 7) is 2.80. The summed E-state index contributed by atoms with van der Waals surface area (Å²) in [5.41, 5.74) is 0.847. The number of thiophene rings is 1. The topological polar surface area (TPSA) is 37.8 Å². The number of aromatic nitrogens is 2. The van der Waals surface area contributed by atoms with E-state index in [0.717, 1.165) is 28.1 Å². The molecule has 0 atom stereocenters. The molecule has 0 amide bonds. The minimum absolute atomic E-state index is 0.635. The molecule has 0 saturated heterocycles. The summed E-state index contributed by atoms with van der Waals surface area (Å²) in [4.78, 5) is 10.0. The second-order valence-corrected chi connectivity index (χ2v) is 5.95. The summed E-state index contributed by atoms with van der Waals surface area (Å²) in [7, 11) is 0. The van der Waals surface area contributed by atoms with Crippen LogP contribution in [0.5, 0.6) is 0 Å². The fraction of sp³-hybridized carbons (Fsp3) is 0.143. The van der Waals surface area contributed by atoms with Crippen molar-refractivity contribution in [3.63, 3.8) is 0 Å². The van der Waals surface area contributed by atoms with E-state index in [-0.39, 0.29) is 0 Å². The molecule has 0 spiro atoms. The zero-order valence-corrected chi connectivity index (χ0v) is 13.0. The molecule has 0 aliphatic rings. The van der Waals surface area contributed by atoms with E-state index >= 15 is 0 Å². The van der Waals surface area contributed by atoms with E-state index in [9.17, 15) is 0 Å². The van der Waals surface area contributed by atoms with Gasteiger partial charge in [0.15, 0.2) is 5.82 Å². The molecule has 0 aliphatic carbocycles. The van der Waals surface area contributed by atoms with Crippen molar-refractivity contribution >= 4 is 51.3 Å². The van der Waals surface area contributed by atoms with Gasteiger partial charge in [-0.3, -0.25) is 0 Å². The van der Waals surface area contributed by atoms with Gasteiger partial charge in [0, 0.05) is 17.0 Å². The summed E-state index contributed by atoms with van der Waals surface area (Å²) in [5.74, 6) is 1.41. The molecule has 0 radical (unpaired) electrons. The maximum absolute atomic E-state index is 6.17. The molecule has 1 N–H and O–H groups in total. The molecule has 2 aromatic heterocycles. The number of benzene rings is 1. The lowest BCUT2D eigenvalue weighted by molar-refractivity contribution is 1.15. The molecule has 0 fully saturated rings. The van der Waals surface area contributed by atoms with Crippen molar-refractivity contribution in [2.45, 2.75) is 6.92 Å². The Kier molecular flexibility index (Phi) is 3.78. The molecule has 102 valence electrons. The first-order valence-corrected chi connectivity index (χ1v) is 7.77. The maximum atomic E-state index is 6.17. The van der Waals surface area contributed by atoms with Crippen molar-refractivity contribution in [1.29, 1.82) is 0 Å². The molecular formula is C14H11Cl2N3S. The van der Waals surface area contributed by atoms with Crippen LogP contribution in [0.3, 0.4) is 0 Å². The Labute approximate surface area is 130 Å². The number of rotatable bonds is 3. The van der Waals surface area contributed by atoms with Gasteiger partial charge in [-0.05, 0) is 36.6 Å². The summed E-state index contributed by atoms with van der Waals surface area (Å²) in [6.07, 6.45) is 0. The van der Waals surface area contributed by atoms with Gasteiger partial charge in [-0.2, -0.15) is 0 Å². The predicted octanol–water partition coefficient (Wildman–Crippen LogP) is 5.10. The van der Waals surface area contributed by atoms with Gasteiger partial charge in [-0.1, -0.05) is 23.2 Å². The minimum Gasteiger partial charge on any atom is -0.370 e. The Morgan fingerprint density at radius 2 is 2.05 bits per heavy atom. The Balaban J connectivity index is 2.25. The standard InChI is InChI=1S/C14H11Cl2N3S/c1-2-17-13-9-7-8(15)3-4-11(9)18-14(19-13)12-10(16)5-6-20-12/h3-7H,2H2,1H3,(H,17,18,19). The van der Waals surface area contributed by atoms with Crippen molar-refractivity contribution in [3.05, 3.63) is 39.7 Å². The third-order valence-corrected chi connectivity index (χ3v) is 4.39. The normalized spacial score (nSPS) is 10.9. The van der Waals surface area contributed by atoms with Gasteiger partial charge in [0.2, 0.25) is 0 Å². The highest BCUT2D eigenvalue weighted by molar-refractivity contribution is 7.14. The fourth-order valence-electron chi connectivity index (χ4n) is 1.96. The average molecular weight is 324 g/mol. The number of nitrogens with zero attached hydrogens (tertiary/aromatic N) is 2. The van der Waals surface area contributed by atoms with Crippen LogP contribution in [0.25, 0.3) is 21.6 Å². The average Bonchev–Trinajstić information content (AvgIpc) is 2.85. The molecule has 6 heteroatoms. The van der Waals surface area contributed by atoms with Crippen LogP contribution in [0.15, 0.2) is 29.6 Å². The second-order valence-electron chi connectivity index (χ2n) is 4.19. The lowest BCUT2D eigenvalue weighted by atomic mass is 10.2. The molecular weight excluding hydrogens is 313 g/mol. The smallest absolute Gasteiger partial charge is 0.173 e. The van der Waals surface area contributed by atoms with Gasteiger partial charge in [-0.15, -0.1) is 11.3 Å². The summed E-state index contributed by atoms with van der Waals surface area (Å²) in [5, 5.41) is 7.44. The number of fused-ring (bicyclic) bond motifs is 1. The summed E-state index contributed by atoms with van der Waals surface area (Å²) in [6, 6.07) is 7.44. The fourth-order valence-corrected chi connectivity index (χ4v) is 3.20. The zero-order valence-electron chi connectivity index (χ0n) is 10.7. The Morgan fingerprint density at radius 1 is 1.20 bits per heavy atom. The minimum atomic E-state index is 0.635. The number of halogens is 2. The first-order chi connectivity index (χ1) is 9.69. The van der Waals surface area contributed by atoms with Gasteiger partial charge in [0.25, 0.3) is 0 Å². The second kappa shape index (κ2) is 5.56. The SMILES string of the molecule is CCNc1nc(-c2sccc2Cl)nc2ccc(Cl)cc12. The summed E-state index contributed by atoms with van der Waals surface area (Å²) < 4.78 is 0. The Morgan fingerprint density at radius 3 is 2.75 bits per heavy atom. The third kappa shape index (κ3) is 2.46. The highest BCUT2D eigenvalue weighted by atomic mass is 35.5. The molecule has 0 aliphatic heterocycles. The van der Waals surface area contributed by atoms with Gasteiger partial charge in [-0.25, -0.2) is 9.97 Å². The van der Waals surface area contributed by atoms with Gasteiger partial charge in [0.05, 0.1) is 15.4 Å². The molecule has 2 heterocycles.